The van der Waals surface area contributed by atoms with Gasteiger partial charge in [-0.25, -0.2) is 0 Å². The van der Waals surface area contributed by atoms with E-state index in [1.807, 2.05) is 0 Å². The highest BCUT2D eigenvalue weighted by Crippen LogP contribution is 2.21. The lowest BCUT2D eigenvalue weighted by molar-refractivity contribution is 0.00634. The summed E-state index contributed by atoms with van der Waals surface area (Å²) in [7, 11) is 0. The highest BCUT2D eigenvalue weighted by Gasteiger charge is 2.20. The second-order valence-electron chi connectivity index (χ2n) is 5.77. The summed E-state index contributed by atoms with van der Waals surface area (Å²) in [6, 6.07) is 12.9. The Labute approximate surface area is 135 Å². The van der Waals surface area contributed by atoms with E-state index in [0.717, 1.165) is 11.1 Å². The van der Waals surface area contributed by atoms with Crippen LogP contribution in [0.25, 0.3) is 0 Å². The lowest BCUT2D eigenvalue weighted by atomic mass is 9.96. The van der Waals surface area contributed by atoms with Gasteiger partial charge in [0.25, 0.3) is 0 Å². The zero-order valence-electron chi connectivity index (χ0n) is 12.8. The van der Waals surface area contributed by atoms with Gasteiger partial charge in [-0.2, -0.15) is 0 Å². The van der Waals surface area contributed by atoms with Gasteiger partial charge in [-0.3, -0.25) is 0 Å². The van der Waals surface area contributed by atoms with Crippen molar-refractivity contribution in [2.75, 3.05) is 0 Å². The van der Waals surface area contributed by atoms with Crippen LogP contribution in [0.1, 0.15) is 30.0 Å². The van der Waals surface area contributed by atoms with Gasteiger partial charge < -0.3 is 26.2 Å². The molecule has 124 valence electrons. The van der Waals surface area contributed by atoms with Gasteiger partial charge in [0.1, 0.15) is 11.5 Å². The van der Waals surface area contributed by atoms with E-state index in [-0.39, 0.29) is 17.9 Å². The zero-order valence-corrected chi connectivity index (χ0v) is 12.8. The summed E-state index contributed by atoms with van der Waals surface area (Å²) in [5.41, 5.74) is 7.81. The van der Waals surface area contributed by atoms with E-state index in [1.165, 1.54) is 0 Å². The van der Waals surface area contributed by atoms with Crippen LogP contribution in [-0.2, 0) is 6.42 Å². The number of aromatic hydroxyl groups is 2. The first kappa shape index (κ1) is 17.3. The highest BCUT2D eigenvalue weighted by atomic mass is 16.3. The van der Waals surface area contributed by atoms with E-state index in [0.29, 0.717) is 12.8 Å². The normalized spacial score (nSPS) is 15.1. The molecule has 5 heteroatoms. The number of phenolic OH excluding ortho intramolecular Hbond substituents is 2. The molecule has 2 aromatic rings. The lowest BCUT2D eigenvalue weighted by Gasteiger charge is -2.21. The molecule has 0 saturated carbocycles. The monoisotopic (exact) mass is 317 g/mol. The number of aliphatic hydroxyl groups excluding tert-OH is 2. The summed E-state index contributed by atoms with van der Waals surface area (Å²) in [6.07, 6.45) is -0.536. The largest absolute Gasteiger partial charge is 0.508 e. The van der Waals surface area contributed by atoms with Crippen LogP contribution in [0.4, 0.5) is 0 Å². The molecule has 0 amide bonds. The molecule has 0 aliphatic rings. The van der Waals surface area contributed by atoms with Crippen molar-refractivity contribution < 1.29 is 20.4 Å². The quantitative estimate of drug-likeness (QED) is 0.536. The van der Waals surface area contributed by atoms with E-state index < -0.39 is 18.2 Å². The van der Waals surface area contributed by atoms with Crippen LogP contribution in [-0.4, -0.2) is 32.6 Å². The molecule has 6 N–H and O–H groups in total. The Bertz CT molecular complexity index is 597. The second kappa shape index (κ2) is 7.97. The molecule has 0 radical (unpaired) electrons. The molecule has 0 fully saturated rings. The molecule has 3 atom stereocenters. The Morgan fingerprint density at radius 1 is 0.783 bits per heavy atom. The first-order chi connectivity index (χ1) is 11.0. The van der Waals surface area contributed by atoms with E-state index in [2.05, 4.69) is 0 Å². The fourth-order valence-corrected chi connectivity index (χ4v) is 2.44. The molecular formula is C18H23NO4. The maximum Gasteiger partial charge on any atom is 0.115 e. The average Bonchev–Trinajstić information content (AvgIpc) is 2.54. The number of benzene rings is 2. The molecule has 5 nitrogen and oxygen atoms in total. The Morgan fingerprint density at radius 3 is 1.87 bits per heavy atom. The number of phenols is 2. The van der Waals surface area contributed by atoms with Gasteiger partial charge in [-0.05, 0) is 54.7 Å². The molecule has 0 aliphatic heterocycles. The molecule has 0 aromatic heterocycles. The Morgan fingerprint density at radius 2 is 1.30 bits per heavy atom. The minimum atomic E-state index is -0.920. The summed E-state index contributed by atoms with van der Waals surface area (Å²) < 4.78 is 0. The smallest absolute Gasteiger partial charge is 0.115 e. The van der Waals surface area contributed by atoms with Crippen LogP contribution < -0.4 is 5.73 Å². The van der Waals surface area contributed by atoms with Crippen molar-refractivity contribution in [2.24, 2.45) is 5.73 Å². The van der Waals surface area contributed by atoms with Crippen molar-refractivity contribution >= 4 is 0 Å². The molecule has 0 saturated heterocycles. The van der Waals surface area contributed by atoms with Gasteiger partial charge in [-0.1, -0.05) is 24.3 Å². The van der Waals surface area contributed by atoms with Gasteiger partial charge in [0.2, 0.25) is 0 Å². The number of hydrogen-bond donors (Lipinski definition) is 5. The van der Waals surface area contributed by atoms with Crippen LogP contribution in [0.3, 0.4) is 0 Å². The predicted octanol–water partition coefficient (Wildman–Crippen LogP) is 1.84. The first-order valence-corrected chi connectivity index (χ1v) is 7.64. The number of nitrogens with two attached hydrogens (primary N) is 1. The number of hydrogen-bond acceptors (Lipinski definition) is 5. The standard InChI is InChI=1S/C18H23NO4/c19-16(13-4-8-15(21)9-5-13)11-18(23)17(22)10-3-12-1-6-14(20)7-2-12/h1-2,4-9,16-18,20-23H,3,10-11,19H2. The lowest BCUT2D eigenvalue weighted by Crippen LogP contribution is -2.30. The summed E-state index contributed by atoms with van der Waals surface area (Å²) in [6.45, 7) is 0. The van der Waals surface area contributed by atoms with Crippen molar-refractivity contribution in [3.05, 3.63) is 59.7 Å². The Kier molecular flexibility index (Phi) is 5.98. The molecule has 2 aromatic carbocycles. The molecule has 0 heterocycles. The summed E-state index contributed by atoms with van der Waals surface area (Å²) in [5.74, 6) is 0.365. The van der Waals surface area contributed by atoms with Crippen molar-refractivity contribution in [1.82, 2.24) is 0 Å². The van der Waals surface area contributed by atoms with E-state index in [1.54, 1.807) is 48.5 Å². The molecule has 0 aliphatic carbocycles. The Hall–Kier alpha value is -2.08. The third kappa shape index (κ3) is 5.25. The van der Waals surface area contributed by atoms with Crippen molar-refractivity contribution in [3.8, 4) is 11.5 Å². The molecule has 0 spiro atoms. The van der Waals surface area contributed by atoms with Crippen molar-refractivity contribution in [3.63, 3.8) is 0 Å². The molecule has 0 bridgehead atoms. The topological polar surface area (TPSA) is 107 Å². The zero-order chi connectivity index (χ0) is 16.8. The van der Waals surface area contributed by atoms with Crippen molar-refractivity contribution in [2.45, 2.75) is 37.5 Å². The molecule has 3 unspecified atom stereocenters. The second-order valence-corrected chi connectivity index (χ2v) is 5.77. The number of aliphatic hydroxyl groups is 2. The van der Waals surface area contributed by atoms with Gasteiger partial charge in [-0.15, -0.1) is 0 Å². The molecule has 23 heavy (non-hydrogen) atoms. The minimum absolute atomic E-state index is 0.162. The molecule has 2 rings (SSSR count). The third-order valence-corrected chi connectivity index (χ3v) is 3.93. The fourth-order valence-electron chi connectivity index (χ4n) is 2.44. The SMILES string of the molecule is NC(CC(O)C(O)CCc1ccc(O)cc1)c1ccc(O)cc1. The van der Waals surface area contributed by atoms with Gasteiger partial charge in [0.15, 0.2) is 0 Å². The summed E-state index contributed by atoms with van der Waals surface area (Å²) in [5, 5.41) is 38.7. The van der Waals surface area contributed by atoms with Crippen LogP contribution in [0.5, 0.6) is 11.5 Å². The number of rotatable bonds is 7. The van der Waals surface area contributed by atoms with Crippen molar-refractivity contribution in [1.29, 1.82) is 0 Å². The third-order valence-electron chi connectivity index (χ3n) is 3.93. The fraction of sp³-hybridized carbons (Fsp3) is 0.333. The minimum Gasteiger partial charge on any atom is -0.508 e. The average molecular weight is 317 g/mol. The maximum absolute atomic E-state index is 10.1. The van der Waals surface area contributed by atoms with E-state index in [9.17, 15) is 20.4 Å². The maximum atomic E-state index is 10.1. The van der Waals surface area contributed by atoms with E-state index in [4.69, 9.17) is 5.73 Å². The predicted molar refractivity (Wildman–Crippen MR) is 88.1 cm³/mol. The van der Waals surface area contributed by atoms with E-state index >= 15 is 0 Å². The summed E-state index contributed by atoms with van der Waals surface area (Å²) in [4.78, 5) is 0. The molecular weight excluding hydrogens is 294 g/mol. The number of aryl methyl sites for hydroxylation is 1. The van der Waals surface area contributed by atoms with Crippen LogP contribution >= 0.6 is 0 Å². The Balaban J connectivity index is 1.83. The summed E-state index contributed by atoms with van der Waals surface area (Å²) >= 11 is 0. The van der Waals surface area contributed by atoms with Gasteiger partial charge in [0, 0.05) is 6.04 Å². The highest BCUT2D eigenvalue weighted by molar-refractivity contribution is 5.28. The first-order valence-electron chi connectivity index (χ1n) is 7.64. The van der Waals surface area contributed by atoms with Gasteiger partial charge in [0.05, 0.1) is 12.2 Å². The van der Waals surface area contributed by atoms with Crippen LogP contribution in [0.2, 0.25) is 0 Å². The van der Waals surface area contributed by atoms with Crippen LogP contribution in [0.15, 0.2) is 48.5 Å². The van der Waals surface area contributed by atoms with Crippen LogP contribution in [0, 0.1) is 0 Å². The van der Waals surface area contributed by atoms with Gasteiger partial charge >= 0.3 is 0 Å².